The number of aromatic nitrogens is 2. The molecule has 0 radical (unpaired) electrons. The van der Waals surface area contributed by atoms with E-state index in [0.717, 1.165) is 5.69 Å². The molecule has 1 unspecified atom stereocenters. The van der Waals surface area contributed by atoms with Crippen LogP contribution >= 0.6 is 11.3 Å². The molecule has 0 bridgehead atoms. The van der Waals surface area contributed by atoms with E-state index in [1.54, 1.807) is 17.6 Å². The molecule has 0 saturated carbocycles. The topological polar surface area (TPSA) is 75.9 Å². The Labute approximate surface area is 127 Å². The summed E-state index contributed by atoms with van der Waals surface area (Å²) in [6, 6.07) is 1.55. The fourth-order valence-corrected chi connectivity index (χ4v) is 3.16. The number of fused-ring (bicyclic) bond motifs is 1. The summed E-state index contributed by atoms with van der Waals surface area (Å²) in [6.45, 7) is 4.89. The van der Waals surface area contributed by atoms with Crippen LogP contribution in [0.4, 0.5) is 0 Å². The van der Waals surface area contributed by atoms with Gasteiger partial charge in [0, 0.05) is 42.9 Å². The van der Waals surface area contributed by atoms with Gasteiger partial charge in [0.05, 0.1) is 12.3 Å². The lowest BCUT2D eigenvalue weighted by Crippen LogP contribution is -2.46. The number of rotatable bonds is 7. The average Bonchev–Trinajstić information content (AvgIpc) is 2.79. The molecule has 2 aromatic rings. The van der Waals surface area contributed by atoms with E-state index in [4.69, 9.17) is 9.84 Å². The van der Waals surface area contributed by atoms with E-state index in [2.05, 4.69) is 10.3 Å². The molecule has 2 heterocycles. The molecular formula is C14H21N3O3S. The summed E-state index contributed by atoms with van der Waals surface area (Å²) >= 11 is 1.46. The van der Waals surface area contributed by atoms with Crippen molar-refractivity contribution in [2.24, 2.45) is 0 Å². The van der Waals surface area contributed by atoms with E-state index in [9.17, 15) is 4.79 Å². The predicted molar refractivity (Wildman–Crippen MR) is 82.9 cm³/mol. The molecule has 0 aliphatic heterocycles. The molecule has 7 heteroatoms. The standard InChI is InChI=1S/C14H21N3O3S/c1-10-8-21-13-16-11(6-12(19)17(10)13)7-15-14(2,4-5-18)9-20-3/h6,8,15,18H,4-5,7,9H2,1-3H3. The fraction of sp³-hybridized carbons (Fsp3) is 0.571. The van der Waals surface area contributed by atoms with E-state index in [1.165, 1.54) is 11.3 Å². The zero-order chi connectivity index (χ0) is 15.5. The monoisotopic (exact) mass is 311 g/mol. The van der Waals surface area contributed by atoms with Gasteiger partial charge in [-0.25, -0.2) is 4.98 Å². The van der Waals surface area contributed by atoms with Gasteiger partial charge in [0.1, 0.15) is 0 Å². The van der Waals surface area contributed by atoms with Crippen molar-refractivity contribution in [3.63, 3.8) is 0 Å². The van der Waals surface area contributed by atoms with E-state index >= 15 is 0 Å². The van der Waals surface area contributed by atoms with Gasteiger partial charge in [0.15, 0.2) is 4.96 Å². The van der Waals surface area contributed by atoms with Crippen molar-refractivity contribution in [1.29, 1.82) is 0 Å². The first kappa shape index (κ1) is 16.1. The number of aliphatic hydroxyl groups is 1. The maximum Gasteiger partial charge on any atom is 0.259 e. The number of methoxy groups -OCH3 is 1. The number of nitrogens with zero attached hydrogens (tertiary/aromatic N) is 2. The molecule has 0 aliphatic rings. The van der Waals surface area contributed by atoms with Gasteiger partial charge in [0.2, 0.25) is 0 Å². The van der Waals surface area contributed by atoms with Gasteiger partial charge in [-0.1, -0.05) is 0 Å². The molecule has 2 N–H and O–H groups in total. The summed E-state index contributed by atoms with van der Waals surface area (Å²) < 4.78 is 6.79. The van der Waals surface area contributed by atoms with Crippen LogP contribution in [-0.4, -0.2) is 40.4 Å². The molecule has 0 amide bonds. The lowest BCUT2D eigenvalue weighted by atomic mass is 9.99. The number of ether oxygens (including phenoxy) is 1. The molecule has 0 saturated heterocycles. The van der Waals surface area contributed by atoms with E-state index in [-0.39, 0.29) is 17.7 Å². The first-order valence-corrected chi connectivity index (χ1v) is 7.69. The van der Waals surface area contributed by atoms with Crippen molar-refractivity contribution >= 4 is 16.3 Å². The van der Waals surface area contributed by atoms with Crippen LogP contribution < -0.4 is 10.9 Å². The molecular weight excluding hydrogens is 290 g/mol. The minimum absolute atomic E-state index is 0.0637. The fourth-order valence-electron chi connectivity index (χ4n) is 2.27. The van der Waals surface area contributed by atoms with Crippen LogP contribution in [0.15, 0.2) is 16.2 Å². The lowest BCUT2D eigenvalue weighted by molar-refractivity contribution is 0.0967. The van der Waals surface area contributed by atoms with E-state index in [0.29, 0.717) is 30.2 Å². The highest BCUT2D eigenvalue weighted by atomic mass is 32.1. The highest BCUT2D eigenvalue weighted by Gasteiger charge is 2.23. The van der Waals surface area contributed by atoms with Crippen molar-refractivity contribution < 1.29 is 9.84 Å². The zero-order valence-corrected chi connectivity index (χ0v) is 13.4. The molecule has 1 atom stereocenters. The SMILES string of the molecule is COCC(C)(CCO)NCc1cc(=O)n2c(C)csc2n1. The molecule has 6 nitrogen and oxygen atoms in total. The Kier molecular flexibility index (Phi) is 5.10. The molecule has 2 rings (SSSR count). The number of hydrogen-bond donors (Lipinski definition) is 2. The highest BCUT2D eigenvalue weighted by Crippen LogP contribution is 2.13. The van der Waals surface area contributed by atoms with Crippen LogP contribution in [-0.2, 0) is 11.3 Å². The quantitative estimate of drug-likeness (QED) is 0.796. The Bertz CT molecular complexity index is 659. The largest absolute Gasteiger partial charge is 0.396 e. The van der Waals surface area contributed by atoms with E-state index < -0.39 is 0 Å². The number of nitrogens with one attached hydrogen (secondary N) is 1. The summed E-state index contributed by atoms with van der Waals surface area (Å²) in [5.41, 5.74) is 1.19. The smallest absolute Gasteiger partial charge is 0.259 e. The van der Waals surface area contributed by atoms with Gasteiger partial charge in [0.25, 0.3) is 5.56 Å². The molecule has 116 valence electrons. The van der Waals surface area contributed by atoms with Crippen LogP contribution in [0.25, 0.3) is 4.96 Å². The van der Waals surface area contributed by atoms with Crippen LogP contribution in [0.3, 0.4) is 0 Å². The normalized spacial score (nSPS) is 14.5. The Hall–Kier alpha value is -1.28. The summed E-state index contributed by atoms with van der Waals surface area (Å²) in [5.74, 6) is 0. The van der Waals surface area contributed by atoms with Crippen LogP contribution in [0, 0.1) is 6.92 Å². The number of thiazole rings is 1. The first-order valence-electron chi connectivity index (χ1n) is 6.81. The Morgan fingerprint density at radius 1 is 1.57 bits per heavy atom. The number of hydrogen-bond acceptors (Lipinski definition) is 6. The highest BCUT2D eigenvalue weighted by molar-refractivity contribution is 7.15. The second-order valence-electron chi connectivity index (χ2n) is 5.40. The van der Waals surface area contributed by atoms with Gasteiger partial charge in [-0.05, 0) is 20.3 Å². The minimum atomic E-state index is -0.346. The van der Waals surface area contributed by atoms with Crippen LogP contribution in [0.2, 0.25) is 0 Å². The van der Waals surface area contributed by atoms with Crippen LogP contribution in [0.1, 0.15) is 24.7 Å². The van der Waals surface area contributed by atoms with Crippen molar-refractivity contribution in [2.45, 2.75) is 32.4 Å². The summed E-state index contributed by atoms with van der Waals surface area (Å²) in [4.78, 5) is 17.3. The molecule has 0 aliphatic carbocycles. The molecule has 0 spiro atoms. The third-order valence-electron chi connectivity index (χ3n) is 3.45. The maximum absolute atomic E-state index is 12.1. The molecule has 21 heavy (non-hydrogen) atoms. The Morgan fingerprint density at radius 3 is 3.00 bits per heavy atom. The van der Waals surface area contributed by atoms with E-state index in [1.807, 2.05) is 19.2 Å². The van der Waals surface area contributed by atoms with Gasteiger partial charge >= 0.3 is 0 Å². The van der Waals surface area contributed by atoms with Crippen molar-refractivity contribution in [1.82, 2.24) is 14.7 Å². The van der Waals surface area contributed by atoms with Crippen molar-refractivity contribution in [3.05, 3.63) is 33.2 Å². The third-order valence-corrected chi connectivity index (χ3v) is 4.40. The van der Waals surface area contributed by atoms with Gasteiger partial charge in [-0.15, -0.1) is 11.3 Å². The minimum Gasteiger partial charge on any atom is -0.396 e. The van der Waals surface area contributed by atoms with Gasteiger partial charge < -0.3 is 15.2 Å². The first-order chi connectivity index (χ1) is 9.99. The number of aryl methyl sites for hydroxylation is 1. The predicted octanol–water partition coefficient (Wildman–Crippen LogP) is 0.942. The molecule has 0 aromatic carbocycles. The zero-order valence-electron chi connectivity index (χ0n) is 12.5. The lowest BCUT2D eigenvalue weighted by Gasteiger charge is -2.29. The van der Waals surface area contributed by atoms with Crippen molar-refractivity contribution in [2.75, 3.05) is 20.3 Å². The second kappa shape index (κ2) is 6.65. The van der Waals surface area contributed by atoms with Crippen LogP contribution in [0.5, 0.6) is 0 Å². The number of aliphatic hydroxyl groups excluding tert-OH is 1. The van der Waals surface area contributed by atoms with Gasteiger partial charge in [-0.3, -0.25) is 9.20 Å². The third kappa shape index (κ3) is 3.68. The Balaban J connectivity index is 2.18. The molecule has 2 aromatic heterocycles. The summed E-state index contributed by atoms with van der Waals surface area (Å²) in [5, 5.41) is 14.4. The van der Waals surface area contributed by atoms with Crippen molar-refractivity contribution in [3.8, 4) is 0 Å². The average molecular weight is 311 g/mol. The Morgan fingerprint density at radius 2 is 2.33 bits per heavy atom. The summed E-state index contributed by atoms with van der Waals surface area (Å²) in [6.07, 6.45) is 0.570. The maximum atomic E-state index is 12.1. The van der Waals surface area contributed by atoms with Gasteiger partial charge in [-0.2, -0.15) is 0 Å². The summed E-state index contributed by atoms with van der Waals surface area (Å²) in [7, 11) is 1.63. The molecule has 0 fully saturated rings. The second-order valence-corrected chi connectivity index (χ2v) is 6.24.